The van der Waals surface area contributed by atoms with E-state index >= 15 is 0 Å². The zero-order valence-electron chi connectivity index (χ0n) is 14.1. The van der Waals surface area contributed by atoms with E-state index in [9.17, 15) is 14.7 Å². The quantitative estimate of drug-likeness (QED) is 0.684. The molecule has 1 unspecified atom stereocenters. The Morgan fingerprint density at radius 3 is 2.74 bits per heavy atom. The molecule has 0 aliphatic carbocycles. The number of likely N-dealkylation sites (tertiary alicyclic amines) is 2. The van der Waals surface area contributed by atoms with Crippen molar-refractivity contribution in [3.05, 3.63) is 0 Å². The Bertz CT molecular complexity index is 417. The van der Waals surface area contributed by atoms with Crippen molar-refractivity contribution >= 4 is 11.9 Å². The van der Waals surface area contributed by atoms with Gasteiger partial charge in [0.1, 0.15) is 0 Å². The summed E-state index contributed by atoms with van der Waals surface area (Å²) in [6.45, 7) is 4.33. The molecule has 2 rings (SSSR count). The maximum Gasteiger partial charge on any atom is 0.310 e. The zero-order valence-corrected chi connectivity index (χ0v) is 14.1. The van der Waals surface area contributed by atoms with Gasteiger partial charge >= 0.3 is 5.97 Å². The van der Waals surface area contributed by atoms with Crippen molar-refractivity contribution in [2.75, 3.05) is 46.5 Å². The molecular weight excluding hydrogens is 300 g/mol. The second-order valence-corrected chi connectivity index (χ2v) is 6.30. The minimum absolute atomic E-state index is 0.00638. The van der Waals surface area contributed by atoms with Crippen LogP contribution in [0.15, 0.2) is 0 Å². The third-order valence-corrected chi connectivity index (χ3v) is 4.72. The third-order valence-electron chi connectivity index (χ3n) is 4.72. The molecule has 7 heteroatoms. The van der Waals surface area contributed by atoms with Crippen LogP contribution in [0.3, 0.4) is 0 Å². The smallest absolute Gasteiger partial charge is 0.310 e. The van der Waals surface area contributed by atoms with Crippen molar-refractivity contribution in [3.8, 4) is 0 Å². The van der Waals surface area contributed by atoms with Crippen molar-refractivity contribution in [2.24, 2.45) is 5.92 Å². The summed E-state index contributed by atoms with van der Waals surface area (Å²) in [5, 5.41) is 9.45. The molecule has 2 saturated heterocycles. The number of hydrogen-bond acceptors (Lipinski definition) is 6. The van der Waals surface area contributed by atoms with Crippen LogP contribution in [0.25, 0.3) is 0 Å². The van der Waals surface area contributed by atoms with Crippen LogP contribution in [-0.2, 0) is 19.1 Å². The molecule has 0 spiro atoms. The molecule has 0 bridgehead atoms. The Balaban J connectivity index is 1.88. The number of esters is 1. The van der Waals surface area contributed by atoms with E-state index in [-0.39, 0.29) is 43.1 Å². The first kappa shape index (κ1) is 18.2. The molecule has 2 aliphatic heterocycles. The van der Waals surface area contributed by atoms with Crippen LogP contribution in [0.4, 0.5) is 0 Å². The molecule has 0 aromatic heterocycles. The van der Waals surface area contributed by atoms with Crippen LogP contribution in [0.2, 0.25) is 0 Å². The van der Waals surface area contributed by atoms with E-state index in [1.54, 1.807) is 18.9 Å². The van der Waals surface area contributed by atoms with Crippen LogP contribution in [0, 0.1) is 5.92 Å². The summed E-state index contributed by atoms with van der Waals surface area (Å²) < 4.78 is 10.4. The predicted octanol–water partition coefficient (Wildman–Crippen LogP) is -0.130. The number of ether oxygens (including phenoxy) is 2. The zero-order chi connectivity index (χ0) is 16.8. The monoisotopic (exact) mass is 328 g/mol. The van der Waals surface area contributed by atoms with Crippen LogP contribution in [0.5, 0.6) is 0 Å². The van der Waals surface area contributed by atoms with Gasteiger partial charge in [0.05, 0.1) is 37.8 Å². The maximum atomic E-state index is 12.5. The van der Waals surface area contributed by atoms with E-state index in [1.165, 1.54) is 0 Å². The molecule has 23 heavy (non-hydrogen) atoms. The molecule has 2 heterocycles. The number of rotatable bonds is 6. The molecular formula is C16H28N2O5. The van der Waals surface area contributed by atoms with Crippen molar-refractivity contribution in [1.29, 1.82) is 0 Å². The molecule has 0 saturated carbocycles. The van der Waals surface area contributed by atoms with E-state index in [0.29, 0.717) is 26.1 Å². The number of methoxy groups -OCH3 is 1. The first-order chi connectivity index (χ1) is 11.1. The highest BCUT2D eigenvalue weighted by molar-refractivity contribution is 5.79. The van der Waals surface area contributed by atoms with Gasteiger partial charge in [0.15, 0.2) is 0 Å². The molecule has 0 aromatic rings. The maximum absolute atomic E-state index is 12.5. The number of hydrogen-bond donors (Lipinski definition) is 1. The molecule has 7 nitrogen and oxygen atoms in total. The van der Waals surface area contributed by atoms with Gasteiger partial charge in [0.2, 0.25) is 5.91 Å². The Labute approximate surface area is 137 Å². The summed E-state index contributed by atoms with van der Waals surface area (Å²) >= 11 is 0. The lowest BCUT2D eigenvalue weighted by molar-refractivity contribution is -0.150. The minimum Gasteiger partial charge on any atom is -0.466 e. The summed E-state index contributed by atoms with van der Waals surface area (Å²) in [5.41, 5.74) is 0. The van der Waals surface area contributed by atoms with Gasteiger partial charge in [-0.1, -0.05) is 0 Å². The fraction of sp³-hybridized carbons (Fsp3) is 0.875. The van der Waals surface area contributed by atoms with E-state index in [0.717, 1.165) is 19.4 Å². The summed E-state index contributed by atoms with van der Waals surface area (Å²) in [4.78, 5) is 28.1. The highest BCUT2D eigenvalue weighted by Gasteiger charge is 2.36. The van der Waals surface area contributed by atoms with Gasteiger partial charge in [-0.2, -0.15) is 0 Å². The van der Waals surface area contributed by atoms with Crippen molar-refractivity contribution < 1.29 is 24.2 Å². The number of carbonyl (C=O) groups excluding carboxylic acids is 2. The number of aliphatic hydroxyl groups is 1. The Morgan fingerprint density at radius 2 is 2.09 bits per heavy atom. The Hall–Kier alpha value is -1.18. The second kappa shape index (κ2) is 8.61. The van der Waals surface area contributed by atoms with Crippen molar-refractivity contribution in [2.45, 2.75) is 38.3 Å². The van der Waals surface area contributed by atoms with Gasteiger partial charge in [0.25, 0.3) is 0 Å². The predicted molar refractivity (Wildman–Crippen MR) is 83.8 cm³/mol. The molecule has 0 aromatic carbocycles. The molecule has 2 fully saturated rings. The van der Waals surface area contributed by atoms with E-state index in [4.69, 9.17) is 9.47 Å². The number of piperidine rings is 1. The van der Waals surface area contributed by atoms with Gasteiger partial charge in [-0.25, -0.2) is 0 Å². The van der Waals surface area contributed by atoms with E-state index in [1.807, 2.05) is 4.90 Å². The summed E-state index contributed by atoms with van der Waals surface area (Å²) in [6.07, 6.45) is 2.37. The molecule has 1 N–H and O–H groups in total. The third kappa shape index (κ3) is 4.65. The first-order valence-corrected chi connectivity index (χ1v) is 8.41. The minimum atomic E-state index is -0.168. The first-order valence-electron chi connectivity index (χ1n) is 8.41. The Morgan fingerprint density at radius 1 is 1.30 bits per heavy atom. The Kier molecular flexibility index (Phi) is 6.80. The molecule has 1 amide bonds. The lowest BCUT2D eigenvalue weighted by Crippen LogP contribution is -2.47. The number of aliphatic hydroxyl groups excluding tert-OH is 1. The number of nitrogens with zero attached hydrogens (tertiary/aromatic N) is 2. The van der Waals surface area contributed by atoms with Gasteiger partial charge in [-0.15, -0.1) is 0 Å². The molecule has 0 radical (unpaired) electrons. The summed E-state index contributed by atoms with van der Waals surface area (Å²) in [6, 6.07) is -0.168. The second-order valence-electron chi connectivity index (χ2n) is 6.30. The molecule has 2 aliphatic rings. The highest BCUT2D eigenvalue weighted by atomic mass is 16.5. The van der Waals surface area contributed by atoms with E-state index in [2.05, 4.69) is 0 Å². The average molecular weight is 328 g/mol. The van der Waals surface area contributed by atoms with Crippen LogP contribution >= 0.6 is 0 Å². The fourth-order valence-electron chi connectivity index (χ4n) is 3.46. The van der Waals surface area contributed by atoms with Crippen LogP contribution < -0.4 is 0 Å². The number of amides is 1. The van der Waals surface area contributed by atoms with Crippen molar-refractivity contribution in [1.82, 2.24) is 9.80 Å². The normalized spacial score (nSPS) is 28.8. The lowest BCUT2D eigenvalue weighted by atomic mass is 9.98. The SMILES string of the molecule is CCOC(=O)C1CCCN(CC(=O)N2C[C@@H](OC)C[C@H]2CO)C1. The van der Waals surface area contributed by atoms with Gasteiger partial charge in [0, 0.05) is 20.2 Å². The summed E-state index contributed by atoms with van der Waals surface area (Å²) in [5.74, 6) is -0.318. The lowest BCUT2D eigenvalue weighted by Gasteiger charge is -2.33. The van der Waals surface area contributed by atoms with Crippen LogP contribution in [-0.4, -0.2) is 85.4 Å². The van der Waals surface area contributed by atoms with Crippen molar-refractivity contribution in [3.63, 3.8) is 0 Å². The van der Waals surface area contributed by atoms with Gasteiger partial charge < -0.3 is 19.5 Å². The fourth-order valence-corrected chi connectivity index (χ4v) is 3.46. The molecule has 132 valence electrons. The van der Waals surface area contributed by atoms with Crippen LogP contribution in [0.1, 0.15) is 26.2 Å². The topological polar surface area (TPSA) is 79.3 Å². The molecule has 3 atom stereocenters. The average Bonchev–Trinajstić information content (AvgIpc) is 2.99. The van der Waals surface area contributed by atoms with Gasteiger partial charge in [-0.05, 0) is 32.7 Å². The number of carbonyl (C=O) groups is 2. The van der Waals surface area contributed by atoms with Gasteiger partial charge in [-0.3, -0.25) is 14.5 Å². The summed E-state index contributed by atoms with van der Waals surface area (Å²) in [7, 11) is 1.63. The van der Waals surface area contributed by atoms with E-state index < -0.39 is 0 Å². The standard InChI is InChI=1S/C16H28N2O5/c1-3-23-16(21)12-5-4-6-17(8-12)10-15(20)18-9-14(22-2)7-13(18)11-19/h12-14,19H,3-11H2,1-2H3/t12?,13-,14-/m0/s1. The highest BCUT2D eigenvalue weighted by Crippen LogP contribution is 2.22. The largest absolute Gasteiger partial charge is 0.466 e.